The van der Waals surface area contributed by atoms with Crippen molar-refractivity contribution < 1.29 is 14.7 Å². The number of carboxylic acids is 1. The maximum Gasteiger partial charge on any atom is 0.317 e. The highest BCUT2D eigenvalue weighted by Gasteiger charge is 2.24. The summed E-state index contributed by atoms with van der Waals surface area (Å²) in [6, 6.07) is 5.36. The third kappa shape index (κ3) is 3.91. The van der Waals surface area contributed by atoms with Gasteiger partial charge in [-0.2, -0.15) is 4.98 Å². The van der Waals surface area contributed by atoms with Gasteiger partial charge in [0.2, 0.25) is 6.33 Å². The first-order valence-electron chi connectivity index (χ1n) is 6.25. The van der Waals surface area contributed by atoms with Crippen LogP contribution in [0, 0.1) is 20.2 Å². The van der Waals surface area contributed by atoms with Gasteiger partial charge in [-0.3, -0.25) is 14.7 Å². The number of aliphatic carboxylic acids is 1. The van der Waals surface area contributed by atoms with E-state index in [9.17, 15) is 14.7 Å². The molecule has 0 saturated heterocycles. The molecule has 1 unspecified atom stereocenters. The molecule has 0 fully saturated rings. The number of aromatic amines is 1. The number of thioether (sulfide) groups is 1. The number of carboxylic acid groups (broad SMARTS) is 1. The van der Waals surface area contributed by atoms with E-state index in [4.69, 9.17) is 0 Å². The summed E-state index contributed by atoms with van der Waals surface area (Å²) in [5, 5.41) is 14.7. The molecule has 0 aliphatic heterocycles. The Morgan fingerprint density at radius 1 is 1.38 bits per heavy atom. The highest BCUT2D eigenvalue weighted by atomic mass is 32.2. The summed E-state index contributed by atoms with van der Waals surface area (Å²) in [5.74, 6) is -1.27. The van der Waals surface area contributed by atoms with E-state index in [-0.39, 0.29) is 12.2 Å². The summed E-state index contributed by atoms with van der Waals surface area (Å²) in [7, 11) is 0. The zero-order chi connectivity index (χ0) is 15.4. The second-order valence-electron chi connectivity index (χ2n) is 4.61. The van der Waals surface area contributed by atoms with Crippen molar-refractivity contribution in [2.24, 2.45) is 0 Å². The van der Waals surface area contributed by atoms with Crippen LogP contribution in [0.3, 0.4) is 0 Å². The molecule has 109 valence electrons. The maximum absolute atomic E-state index is 12.2. The number of hydrogen-bond acceptors (Lipinski definition) is 5. The predicted octanol–water partition coefficient (Wildman–Crippen LogP) is 2.04. The number of hydrogen-bond donors (Lipinski definition) is 2. The maximum atomic E-state index is 12.2. The van der Waals surface area contributed by atoms with Gasteiger partial charge in [-0.1, -0.05) is 23.9 Å². The van der Waals surface area contributed by atoms with Crippen molar-refractivity contribution in [1.29, 1.82) is 0 Å². The summed E-state index contributed by atoms with van der Waals surface area (Å²) in [6.45, 7) is 3.87. The van der Waals surface area contributed by atoms with Gasteiger partial charge >= 0.3 is 5.97 Å². The smallest absolute Gasteiger partial charge is 0.317 e. The number of carbonyl (C=O) groups is 2. The molecule has 2 rings (SSSR count). The summed E-state index contributed by atoms with van der Waals surface area (Å²) < 4.78 is 0. The molecule has 2 aromatic rings. The number of rotatable bonds is 6. The van der Waals surface area contributed by atoms with E-state index in [1.54, 1.807) is 12.1 Å². The van der Waals surface area contributed by atoms with Crippen molar-refractivity contribution in [2.75, 3.05) is 0 Å². The molecule has 7 heteroatoms. The fraction of sp³-hybridized carbons (Fsp3) is 0.286. The molecule has 1 atom stereocenters. The Morgan fingerprint density at radius 3 is 2.71 bits per heavy atom. The van der Waals surface area contributed by atoms with Crippen molar-refractivity contribution in [2.45, 2.75) is 30.7 Å². The standard InChI is InChI=1S/C14H14N3O3S/c1-8-3-4-10(5-9(8)2)11(18)6-12(13(19)20)21-14-15-7-16-17-14/h3-5,12H,6H2,1-2H3,(H,19,20)(H,15,16,17). The number of aromatic nitrogens is 3. The van der Waals surface area contributed by atoms with Gasteiger partial charge in [-0.15, -0.1) is 5.10 Å². The normalized spacial score (nSPS) is 12.1. The van der Waals surface area contributed by atoms with Crippen LogP contribution in [-0.4, -0.2) is 37.3 Å². The van der Waals surface area contributed by atoms with Crippen LogP contribution in [-0.2, 0) is 4.79 Å². The first-order chi connectivity index (χ1) is 9.97. The van der Waals surface area contributed by atoms with Crippen LogP contribution >= 0.6 is 11.8 Å². The Kier molecular flexibility index (Phi) is 4.74. The largest absolute Gasteiger partial charge is 0.480 e. The Hall–Kier alpha value is -2.15. The monoisotopic (exact) mass is 304 g/mol. The highest BCUT2D eigenvalue weighted by Crippen LogP contribution is 2.23. The fourth-order valence-electron chi connectivity index (χ4n) is 1.74. The van der Waals surface area contributed by atoms with E-state index in [2.05, 4.69) is 21.5 Å². The van der Waals surface area contributed by atoms with Gasteiger partial charge in [-0.05, 0) is 31.0 Å². The molecular weight excluding hydrogens is 290 g/mol. The van der Waals surface area contributed by atoms with Gasteiger partial charge < -0.3 is 5.11 Å². The number of aryl methyl sites for hydroxylation is 2. The molecule has 6 nitrogen and oxygen atoms in total. The van der Waals surface area contributed by atoms with Crippen molar-refractivity contribution in [3.05, 3.63) is 41.2 Å². The minimum Gasteiger partial charge on any atom is -0.480 e. The topological polar surface area (TPSA) is 95.9 Å². The molecule has 0 aliphatic carbocycles. The number of carbonyl (C=O) groups excluding carboxylic acids is 1. The number of nitrogens with one attached hydrogen (secondary N) is 1. The third-order valence-electron chi connectivity index (χ3n) is 3.08. The molecular formula is C14H14N3O3S. The average molecular weight is 304 g/mol. The van der Waals surface area contributed by atoms with E-state index in [1.165, 1.54) is 0 Å². The highest BCUT2D eigenvalue weighted by molar-refractivity contribution is 8.00. The van der Waals surface area contributed by atoms with Crippen molar-refractivity contribution in [3.8, 4) is 0 Å². The first-order valence-corrected chi connectivity index (χ1v) is 7.13. The molecule has 2 N–H and O–H groups in total. The number of H-pyrrole nitrogens is 1. The molecule has 1 aromatic carbocycles. The van der Waals surface area contributed by atoms with Crippen LogP contribution in [0.4, 0.5) is 0 Å². The summed E-state index contributed by atoms with van der Waals surface area (Å²) in [6.07, 6.45) is 2.21. The average Bonchev–Trinajstić information content (AvgIpc) is 2.93. The van der Waals surface area contributed by atoms with Gasteiger partial charge in [-0.25, -0.2) is 0 Å². The second-order valence-corrected chi connectivity index (χ2v) is 5.80. The first kappa shape index (κ1) is 15.2. The van der Waals surface area contributed by atoms with E-state index in [1.807, 2.05) is 19.9 Å². The molecule has 21 heavy (non-hydrogen) atoms. The molecule has 1 radical (unpaired) electrons. The number of Topliss-reactive ketones (excluding diaryl/α,β-unsaturated/α-hetero) is 1. The summed E-state index contributed by atoms with van der Waals surface area (Å²) in [4.78, 5) is 27.2. The Labute approximate surface area is 126 Å². The Balaban J connectivity index is 2.10. The Bertz CT molecular complexity index is 655. The second kappa shape index (κ2) is 6.53. The zero-order valence-electron chi connectivity index (χ0n) is 11.6. The third-order valence-corrected chi connectivity index (χ3v) is 4.14. The lowest BCUT2D eigenvalue weighted by Gasteiger charge is -2.10. The van der Waals surface area contributed by atoms with Crippen LogP contribution in [0.2, 0.25) is 0 Å². The minimum atomic E-state index is -1.06. The van der Waals surface area contributed by atoms with Gasteiger partial charge in [0.15, 0.2) is 10.9 Å². The molecule has 1 heterocycles. The molecule has 0 saturated carbocycles. The molecule has 0 spiro atoms. The van der Waals surface area contributed by atoms with E-state index in [0.29, 0.717) is 10.7 Å². The SMILES string of the molecule is Cc1ccc(C(=O)CC(Sc2n[c]n[nH]2)C(=O)O)cc1C. The van der Waals surface area contributed by atoms with Gasteiger partial charge in [0.1, 0.15) is 5.25 Å². The lowest BCUT2D eigenvalue weighted by molar-refractivity contribution is -0.136. The summed E-state index contributed by atoms with van der Waals surface area (Å²) >= 11 is 0.953. The zero-order valence-corrected chi connectivity index (χ0v) is 12.4. The lowest BCUT2D eigenvalue weighted by atomic mass is 10.0. The van der Waals surface area contributed by atoms with Crippen LogP contribution in [0.5, 0.6) is 0 Å². The van der Waals surface area contributed by atoms with Crippen LogP contribution in [0.1, 0.15) is 27.9 Å². The van der Waals surface area contributed by atoms with Gasteiger partial charge in [0.25, 0.3) is 0 Å². The van der Waals surface area contributed by atoms with Crippen molar-refractivity contribution in [3.63, 3.8) is 0 Å². The van der Waals surface area contributed by atoms with Crippen molar-refractivity contribution in [1.82, 2.24) is 15.2 Å². The number of ketones is 1. The van der Waals surface area contributed by atoms with E-state index < -0.39 is 11.2 Å². The van der Waals surface area contributed by atoms with E-state index >= 15 is 0 Å². The van der Waals surface area contributed by atoms with Gasteiger partial charge in [0, 0.05) is 12.0 Å². The van der Waals surface area contributed by atoms with Gasteiger partial charge in [0.05, 0.1) is 0 Å². The number of benzene rings is 1. The molecule has 0 aliphatic rings. The fourth-order valence-corrected chi connectivity index (χ4v) is 2.53. The lowest BCUT2D eigenvalue weighted by Crippen LogP contribution is -2.21. The Morgan fingerprint density at radius 2 is 2.14 bits per heavy atom. The molecule has 0 bridgehead atoms. The molecule has 1 aromatic heterocycles. The van der Waals surface area contributed by atoms with Crippen LogP contribution in [0.15, 0.2) is 23.4 Å². The number of nitrogens with zero attached hydrogens (tertiary/aromatic N) is 2. The van der Waals surface area contributed by atoms with Crippen LogP contribution < -0.4 is 0 Å². The predicted molar refractivity (Wildman–Crippen MR) is 77.4 cm³/mol. The van der Waals surface area contributed by atoms with Crippen LogP contribution in [0.25, 0.3) is 0 Å². The van der Waals surface area contributed by atoms with E-state index in [0.717, 1.165) is 22.9 Å². The summed E-state index contributed by atoms with van der Waals surface area (Å²) in [5.41, 5.74) is 2.62. The minimum absolute atomic E-state index is 0.108. The van der Waals surface area contributed by atoms with Crippen molar-refractivity contribution >= 4 is 23.5 Å². The quantitative estimate of drug-likeness (QED) is 0.626. The molecule has 0 amide bonds.